The van der Waals surface area contributed by atoms with Crippen molar-refractivity contribution in [2.24, 2.45) is 5.92 Å². The third-order valence-corrected chi connectivity index (χ3v) is 5.42. The van der Waals surface area contributed by atoms with Gasteiger partial charge in [-0.2, -0.15) is 0 Å². The molecular weight excluding hydrogens is 326 g/mol. The fraction of sp³-hybridized carbons (Fsp3) is 0.381. The Labute approximate surface area is 153 Å². The Morgan fingerprint density at radius 1 is 1.00 bits per heavy atom. The smallest absolute Gasteiger partial charge is 0.253 e. The number of hydrogen-bond acceptors (Lipinski definition) is 3. The van der Waals surface area contributed by atoms with Gasteiger partial charge in [0, 0.05) is 43.6 Å². The first-order valence-electron chi connectivity index (χ1n) is 9.23. The van der Waals surface area contributed by atoms with Crippen LogP contribution in [-0.4, -0.2) is 52.3 Å². The summed E-state index contributed by atoms with van der Waals surface area (Å²) in [5.41, 5.74) is 1.66. The monoisotopic (exact) mass is 349 g/mol. The summed E-state index contributed by atoms with van der Waals surface area (Å²) in [5, 5.41) is 0. The second-order valence-electron chi connectivity index (χ2n) is 7.26. The predicted octanol–water partition coefficient (Wildman–Crippen LogP) is 2.39. The summed E-state index contributed by atoms with van der Waals surface area (Å²) in [6, 6.07) is 13.3. The van der Waals surface area contributed by atoms with E-state index >= 15 is 0 Å². The van der Waals surface area contributed by atoms with Gasteiger partial charge in [-0.3, -0.25) is 14.6 Å². The number of aromatic nitrogens is 1. The topological polar surface area (TPSA) is 53.5 Å². The van der Waals surface area contributed by atoms with Gasteiger partial charge in [0.05, 0.1) is 6.42 Å². The van der Waals surface area contributed by atoms with Gasteiger partial charge in [0.1, 0.15) is 0 Å². The second-order valence-corrected chi connectivity index (χ2v) is 7.26. The molecule has 1 aromatic carbocycles. The summed E-state index contributed by atoms with van der Waals surface area (Å²) < 4.78 is 0. The van der Waals surface area contributed by atoms with Crippen LogP contribution in [0.2, 0.25) is 0 Å². The van der Waals surface area contributed by atoms with Crippen LogP contribution in [0.5, 0.6) is 0 Å². The minimum absolute atomic E-state index is 0.0732. The lowest BCUT2D eigenvalue weighted by atomic mass is 9.94. The summed E-state index contributed by atoms with van der Waals surface area (Å²) >= 11 is 0. The molecule has 0 saturated carbocycles. The van der Waals surface area contributed by atoms with E-state index in [1.807, 2.05) is 52.3 Å². The number of pyridine rings is 1. The van der Waals surface area contributed by atoms with Crippen molar-refractivity contribution in [3.63, 3.8) is 0 Å². The fourth-order valence-electron chi connectivity index (χ4n) is 4.10. The number of fused-ring (bicyclic) bond motifs is 4. The van der Waals surface area contributed by atoms with E-state index < -0.39 is 0 Å². The highest BCUT2D eigenvalue weighted by Gasteiger charge is 2.38. The molecule has 5 rings (SSSR count). The van der Waals surface area contributed by atoms with Crippen LogP contribution in [0, 0.1) is 5.92 Å². The molecule has 3 aliphatic rings. The largest absolute Gasteiger partial charge is 0.337 e. The lowest BCUT2D eigenvalue weighted by molar-refractivity contribution is -0.134. The number of hydrogen-bond donors (Lipinski definition) is 0. The molecule has 2 bridgehead atoms. The zero-order valence-corrected chi connectivity index (χ0v) is 14.8. The molecule has 5 heteroatoms. The Morgan fingerprint density at radius 2 is 1.85 bits per heavy atom. The molecule has 26 heavy (non-hydrogen) atoms. The molecule has 2 amide bonds. The van der Waals surface area contributed by atoms with Crippen LogP contribution >= 0.6 is 0 Å². The molecule has 134 valence electrons. The van der Waals surface area contributed by atoms with Crippen molar-refractivity contribution in [3.05, 3.63) is 66.0 Å². The average molecular weight is 349 g/mol. The highest BCUT2D eigenvalue weighted by Crippen LogP contribution is 2.29. The molecule has 0 N–H and O–H groups in total. The molecule has 0 radical (unpaired) electrons. The first kappa shape index (κ1) is 16.8. The van der Waals surface area contributed by atoms with Gasteiger partial charge in [0.2, 0.25) is 5.91 Å². The quantitative estimate of drug-likeness (QED) is 0.855. The Kier molecular flexibility index (Phi) is 4.69. The molecule has 0 aliphatic carbocycles. The summed E-state index contributed by atoms with van der Waals surface area (Å²) in [7, 11) is 0. The molecule has 3 saturated heterocycles. The van der Waals surface area contributed by atoms with Gasteiger partial charge in [0.15, 0.2) is 0 Å². The first-order valence-corrected chi connectivity index (χ1v) is 9.23. The van der Waals surface area contributed by atoms with Gasteiger partial charge in [-0.25, -0.2) is 0 Å². The van der Waals surface area contributed by atoms with E-state index in [4.69, 9.17) is 0 Å². The first-order chi connectivity index (χ1) is 12.7. The summed E-state index contributed by atoms with van der Waals surface area (Å²) in [6.45, 7) is 2.12. The van der Waals surface area contributed by atoms with Crippen LogP contribution in [0.1, 0.15) is 28.8 Å². The van der Waals surface area contributed by atoms with Crippen molar-refractivity contribution in [1.29, 1.82) is 0 Å². The second kappa shape index (κ2) is 7.28. The van der Waals surface area contributed by atoms with E-state index in [9.17, 15) is 9.59 Å². The van der Waals surface area contributed by atoms with Crippen LogP contribution in [0.3, 0.4) is 0 Å². The molecule has 2 aromatic rings. The Morgan fingerprint density at radius 3 is 2.62 bits per heavy atom. The SMILES string of the molecule is O=C(c1ccccc1)N1C[C@H]2CC[C@@H](C1)N(C(=O)Cc1cccnc1)C2. The number of benzene rings is 1. The molecule has 4 heterocycles. The molecule has 2 atom stereocenters. The van der Waals surface area contributed by atoms with Crippen LogP contribution < -0.4 is 0 Å². The van der Waals surface area contributed by atoms with Crippen LogP contribution in [0.15, 0.2) is 54.9 Å². The molecule has 3 fully saturated rings. The summed E-state index contributed by atoms with van der Waals surface area (Å²) in [6.07, 6.45) is 5.90. The van der Waals surface area contributed by atoms with Gasteiger partial charge in [-0.15, -0.1) is 0 Å². The number of piperidine rings is 1. The average Bonchev–Trinajstić information content (AvgIpc) is 3.01. The van der Waals surface area contributed by atoms with E-state index in [-0.39, 0.29) is 17.9 Å². The number of carbonyl (C=O) groups is 2. The summed E-state index contributed by atoms with van der Waals surface area (Å²) in [5.74, 6) is 0.574. The highest BCUT2D eigenvalue weighted by molar-refractivity contribution is 5.94. The lowest BCUT2D eigenvalue weighted by Gasteiger charge is -2.36. The molecule has 5 nitrogen and oxygen atoms in total. The van der Waals surface area contributed by atoms with Crippen molar-refractivity contribution in [2.45, 2.75) is 25.3 Å². The molecule has 1 aromatic heterocycles. The standard InChI is InChI=1S/C21H23N3O2/c25-20(11-16-5-4-10-22-12-16)24-14-17-8-9-19(24)15-23(13-17)21(26)18-6-2-1-3-7-18/h1-7,10,12,17,19H,8-9,11,13-15H2/t17-,19+/m1/s1. The van der Waals surface area contributed by atoms with Crippen molar-refractivity contribution >= 4 is 11.8 Å². The van der Waals surface area contributed by atoms with Gasteiger partial charge >= 0.3 is 0 Å². The number of rotatable bonds is 3. The Balaban J connectivity index is 1.48. The normalized spacial score (nSPS) is 22.2. The molecule has 0 spiro atoms. The van der Waals surface area contributed by atoms with E-state index in [1.54, 1.807) is 12.4 Å². The van der Waals surface area contributed by atoms with Gasteiger partial charge < -0.3 is 9.80 Å². The maximum absolute atomic E-state index is 12.9. The highest BCUT2D eigenvalue weighted by atomic mass is 16.2. The van der Waals surface area contributed by atoms with Gasteiger partial charge in [0.25, 0.3) is 5.91 Å². The maximum Gasteiger partial charge on any atom is 0.253 e. The Hall–Kier alpha value is -2.69. The minimum Gasteiger partial charge on any atom is -0.337 e. The molecule has 0 unspecified atom stereocenters. The van der Waals surface area contributed by atoms with Crippen molar-refractivity contribution < 1.29 is 9.59 Å². The van der Waals surface area contributed by atoms with Crippen LogP contribution in [0.25, 0.3) is 0 Å². The van der Waals surface area contributed by atoms with E-state index in [2.05, 4.69) is 4.98 Å². The zero-order chi connectivity index (χ0) is 17.9. The Bertz CT molecular complexity index is 778. The predicted molar refractivity (Wildman–Crippen MR) is 98.5 cm³/mol. The van der Waals surface area contributed by atoms with Crippen LogP contribution in [-0.2, 0) is 11.2 Å². The maximum atomic E-state index is 12.9. The number of amides is 2. The van der Waals surface area contributed by atoms with E-state index in [0.717, 1.165) is 37.1 Å². The third kappa shape index (κ3) is 3.47. The summed E-state index contributed by atoms with van der Waals surface area (Å²) in [4.78, 5) is 33.7. The molecule has 3 aliphatic heterocycles. The third-order valence-electron chi connectivity index (χ3n) is 5.42. The van der Waals surface area contributed by atoms with Crippen molar-refractivity contribution in [2.75, 3.05) is 19.6 Å². The zero-order valence-electron chi connectivity index (χ0n) is 14.8. The lowest BCUT2D eigenvalue weighted by Crippen LogP contribution is -2.48. The van der Waals surface area contributed by atoms with Crippen LogP contribution in [0.4, 0.5) is 0 Å². The number of carbonyl (C=O) groups excluding carboxylic acids is 2. The minimum atomic E-state index is 0.0732. The number of nitrogens with zero attached hydrogens (tertiary/aromatic N) is 3. The van der Waals surface area contributed by atoms with Gasteiger partial charge in [-0.1, -0.05) is 24.3 Å². The van der Waals surface area contributed by atoms with Crippen molar-refractivity contribution in [3.8, 4) is 0 Å². The van der Waals surface area contributed by atoms with E-state index in [0.29, 0.717) is 18.9 Å². The fourth-order valence-corrected chi connectivity index (χ4v) is 4.10. The molecular formula is C21H23N3O2. The van der Waals surface area contributed by atoms with E-state index in [1.165, 1.54) is 0 Å². The van der Waals surface area contributed by atoms with Gasteiger partial charge in [-0.05, 0) is 42.5 Å². The van der Waals surface area contributed by atoms with Crippen molar-refractivity contribution in [1.82, 2.24) is 14.8 Å².